The highest BCUT2D eigenvalue weighted by Gasteiger charge is 2.22. The van der Waals surface area contributed by atoms with Crippen LogP contribution in [0.2, 0.25) is 0 Å². The van der Waals surface area contributed by atoms with Gasteiger partial charge in [-0.3, -0.25) is 9.69 Å². The average molecular weight is 348 g/mol. The summed E-state index contributed by atoms with van der Waals surface area (Å²) in [5, 5.41) is 2.56. The molecule has 1 unspecified atom stereocenters. The second-order valence-corrected chi connectivity index (χ2v) is 6.39. The molecule has 25 heavy (non-hydrogen) atoms. The van der Waals surface area contributed by atoms with Crippen molar-refractivity contribution < 1.29 is 18.0 Å². The third-order valence-electron chi connectivity index (χ3n) is 4.65. The molecule has 0 bridgehead atoms. The molecule has 1 amide bonds. The van der Waals surface area contributed by atoms with Gasteiger partial charge in [0.05, 0.1) is 6.04 Å². The van der Waals surface area contributed by atoms with E-state index in [9.17, 15) is 13.6 Å². The molecule has 1 aromatic carbocycles. The lowest BCUT2D eigenvalue weighted by molar-refractivity contribution is 0.0913. The van der Waals surface area contributed by atoms with Gasteiger partial charge in [0.1, 0.15) is 17.4 Å². The number of carbonyl (C=O) groups is 1. The topological polar surface area (TPSA) is 45.5 Å². The first-order chi connectivity index (χ1) is 12.0. The Morgan fingerprint density at radius 3 is 2.72 bits per heavy atom. The number of benzene rings is 1. The van der Waals surface area contributed by atoms with Crippen molar-refractivity contribution in [2.45, 2.75) is 38.8 Å². The molecule has 0 spiro atoms. The van der Waals surface area contributed by atoms with Crippen molar-refractivity contribution in [3.05, 3.63) is 59.1 Å². The lowest BCUT2D eigenvalue weighted by atomic mass is 10.1. The summed E-state index contributed by atoms with van der Waals surface area (Å²) in [4.78, 5) is 14.5. The maximum Gasteiger partial charge on any atom is 0.287 e. The van der Waals surface area contributed by atoms with Gasteiger partial charge in [-0.2, -0.15) is 0 Å². The standard InChI is InChI=1S/C19H22F2N2O2/c1-13(23-9-3-2-4-10-23)17-7-8-18(25-17)19(24)22-12-14-11-15(20)5-6-16(14)21/h5-8,11,13H,2-4,9-10,12H2,1H3,(H,22,24). The molecule has 1 fully saturated rings. The zero-order valence-electron chi connectivity index (χ0n) is 14.2. The number of piperidine rings is 1. The van der Waals surface area contributed by atoms with Gasteiger partial charge in [-0.15, -0.1) is 0 Å². The number of hydrogen-bond acceptors (Lipinski definition) is 3. The first-order valence-electron chi connectivity index (χ1n) is 8.60. The van der Waals surface area contributed by atoms with Gasteiger partial charge in [-0.1, -0.05) is 6.42 Å². The number of nitrogens with one attached hydrogen (secondary N) is 1. The van der Waals surface area contributed by atoms with Gasteiger partial charge in [-0.25, -0.2) is 8.78 Å². The van der Waals surface area contributed by atoms with Crippen LogP contribution in [0.25, 0.3) is 0 Å². The van der Waals surface area contributed by atoms with Crippen LogP contribution in [0.15, 0.2) is 34.7 Å². The van der Waals surface area contributed by atoms with E-state index in [4.69, 9.17) is 4.42 Å². The monoisotopic (exact) mass is 348 g/mol. The Kier molecular flexibility index (Phi) is 5.48. The van der Waals surface area contributed by atoms with Gasteiger partial charge in [0.15, 0.2) is 5.76 Å². The fourth-order valence-electron chi connectivity index (χ4n) is 3.13. The maximum absolute atomic E-state index is 13.6. The molecule has 1 aliphatic heterocycles. The normalized spacial score (nSPS) is 16.6. The van der Waals surface area contributed by atoms with Gasteiger partial charge in [0, 0.05) is 12.1 Å². The van der Waals surface area contributed by atoms with E-state index in [-0.39, 0.29) is 23.9 Å². The van der Waals surface area contributed by atoms with Crippen LogP contribution in [0.1, 0.15) is 54.1 Å². The van der Waals surface area contributed by atoms with Crippen LogP contribution in [0.4, 0.5) is 8.78 Å². The molecule has 2 aromatic rings. The van der Waals surface area contributed by atoms with Gasteiger partial charge in [-0.05, 0) is 63.2 Å². The quantitative estimate of drug-likeness (QED) is 0.887. The molecule has 134 valence electrons. The zero-order chi connectivity index (χ0) is 17.8. The number of furan rings is 1. The van der Waals surface area contributed by atoms with Crippen molar-refractivity contribution in [2.75, 3.05) is 13.1 Å². The van der Waals surface area contributed by atoms with E-state index in [1.165, 1.54) is 19.3 Å². The van der Waals surface area contributed by atoms with E-state index in [0.717, 1.165) is 37.0 Å². The molecule has 1 saturated heterocycles. The summed E-state index contributed by atoms with van der Waals surface area (Å²) in [5.74, 6) is -0.623. The van der Waals surface area contributed by atoms with E-state index in [1.54, 1.807) is 12.1 Å². The van der Waals surface area contributed by atoms with Crippen molar-refractivity contribution >= 4 is 5.91 Å². The fourth-order valence-corrected chi connectivity index (χ4v) is 3.13. The smallest absolute Gasteiger partial charge is 0.287 e. The Morgan fingerprint density at radius 2 is 1.96 bits per heavy atom. The molecule has 1 aliphatic rings. The van der Waals surface area contributed by atoms with E-state index in [2.05, 4.69) is 17.1 Å². The van der Waals surface area contributed by atoms with Crippen molar-refractivity contribution in [3.63, 3.8) is 0 Å². The minimum Gasteiger partial charge on any atom is -0.454 e. The molecular weight excluding hydrogens is 326 g/mol. The minimum atomic E-state index is -0.555. The van der Waals surface area contributed by atoms with Crippen LogP contribution >= 0.6 is 0 Å². The molecule has 1 aromatic heterocycles. The van der Waals surface area contributed by atoms with Crippen LogP contribution in [0.5, 0.6) is 0 Å². The molecular formula is C19H22F2N2O2. The number of amides is 1. The van der Waals surface area contributed by atoms with Crippen molar-refractivity contribution in [1.29, 1.82) is 0 Å². The van der Waals surface area contributed by atoms with E-state index in [1.807, 2.05) is 0 Å². The second-order valence-electron chi connectivity index (χ2n) is 6.39. The summed E-state index contributed by atoms with van der Waals surface area (Å²) in [5.41, 5.74) is 0.0989. The summed E-state index contributed by atoms with van der Waals surface area (Å²) in [7, 11) is 0. The highest BCUT2D eigenvalue weighted by molar-refractivity contribution is 5.91. The molecule has 0 radical (unpaired) electrons. The van der Waals surface area contributed by atoms with E-state index in [0.29, 0.717) is 0 Å². The molecule has 1 atom stereocenters. The summed E-state index contributed by atoms with van der Waals surface area (Å²) in [6, 6.07) is 6.69. The van der Waals surface area contributed by atoms with Crippen molar-refractivity contribution in [2.24, 2.45) is 0 Å². The number of carbonyl (C=O) groups excluding carboxylic acids is 1. The van der Waals surface area contributed by atoms with Gasteiger partial charge in [0.25, 0.3) is 5.91 Å². The fraction of sp³-hybridized carbons (Fsp3) is 0.421. The van der Waals surface area contributed by atoms with Crippen LogP contribution in [-0.4, -0.2) is 23.9 Å². The van der Waals surface area contributed by atoms with Crippen LogP contribution < -0.4 is 5.32 Å². The van der Waals surface area contributed by atoms with E-state index >= 15 is 0 Å². The lowest BCUT2D eigenvalue weighted by Gasteiger charge is -2.31. The summed E-state index contributed by atoms with van der Waals surface area (Å²) in [6.45, 7) is 4.03. The second kappa shape index (κ2) is 7.78. The summed E-state index contributed by atoms with van der Waals surface area (Å²) >= 11 is 0. The minimum absolute atomic E-state index is 0.0971. The Hall–Kier alpha value is -2.21. The molecule has 2 heterocycles. The van der Waals surface area contributed by atoms with Crippen molar-refractivity contribution in [1.82, 2.24) is 10.2 Å². The Bertz CT molecular complexity index is 739. The largest absolute Gasteiger partial charge is 0.454 e. The third-order valence-corrected chi connectivity index (χ3v) is 4.65. The molecule has 4 nitrogen and oxygen atoms in total. The first kappa shape index (κ1) is 17.6. The SMILES string of the molecule is CC(c1ccc(C(=O)NCc2cc(F)ccc2F)o1)N1CCCCC1. The lowest BCUT2D eigenvalue weighted by Crippen LogP contribution is -2.32. The van der Waals surface area contributed by atoms with Gasteiger partial charge in [0.2, 0.25) is 0 Å². The summed E-state index contributed by atoms with van der Waals surface area (Å²) in [6.07, 6.45) is 3.61. The average Bonchev–Trinajstić information content (AvgIpc) is 3.12. The number of likely N-dealkylation sites (tertiary alicyclic amines) is 1. The van der Waals surface area contributed by atoms with Gasteiger partial charge < -0.3 is 9.73 Å². The van der Waals surface area contributed by atoms with Gasteiger partial charge >= 0.3 is 0 Å². The summed E-state index contributed by atoms with van der Waals surface area (Å²) < 4.78 is 32.4. The van der Waals surface area contributed by atoms with E-state index < -0.39 is 17.5 Å². The highest BCUT2D eigenvalue weighted by atomic mass is 19.1. The molecule has 1 N–H and O–H groups in total. The number of rotatable bonds is 5. The Morgan fingerprint density at radius 1 is 1.20 bits per heavy atom. The number of nitrogens with zero attached hydrogens (tertiary/aromatic N) is 1. The Balaban J connectivity index is 1.61. The third kappa shape index (κ3) is 4.25. The predicted molar refractivity (Wildman–Crippen MR) is 90.1 cm³/mol. The van der Waals surface area contributed by atoms with Crippen LogP contribution in [-0.2, 0) is 6.54 Å². The van der Waals surface area contributed by atoms with Crippen LogP contribution in [0.3, 0.4) is 0 Å². The predicted octanol–water partition coefficient (Wildman–Crippen LogP) is 4.03. The maximum atomic E-state index is 13.6. The Labute approximate surface area is 145 Å². The molecule has 0 aliphatic carbocycles. The first-order valence-corrected chi connectivity index (χ1v) is 8.60. The van der Waals surface area contributed by atoms with Crippen LogP contribution in [0, 0.1) is 11.6 Å². The van der Waals surface area contributed by atoms with Crippen molar-refractivity contribution in [3.8, 4) is 0 Å². The molecule has 3 rings (SSSR count). The zero-order valence-corrected chi connectivity index (χ0v) is 14.2. The molecule has 6 heteroatoms. The number of halogens is 2. The molecule has 0 saturated carbocycles. The highest BCUT2D eigenvalue weighted by Crippen LogP contribution is 2.25. The number of hydrogen-bond donors (Lipinski definition) is 1.